The zero-order chi connectivity index (χ0) is 19.2. The zero-order valence-electron chi connectivity index (χ0n) is 15.4. The Kier molecular flexibility index (Phi) is 6.28. The van der Waals surface area contributed by atoms with Crippen LogP contribution < -0.4 is 21.3 Å². The molecule has 3 rings (SSSR count). The standard InChI is InChI=1S/C19H27N5O3/c20-9-8-17(25)22-13-16-3-1-2-11-23(16)18(26)14-4-6-15(7-5-14)24-12-10-21-19(24)27/h4-7,16H,1-3,8-13,20H2,(H,21,27)(H,22,25). The molecule has 146 valence electrons. The minimum Gasteiger partial charge on any atom is -0.354 e. The van der Waals surface area contributed by atoms with Gasteiger partial charge in [-0.1, -0.05) is 0 Å². The molecular formula is C19H27N5O3. The summed E-state index contributed by atoms with van der Waals surface area (Å²) in [5.74, 6) is -0.117. The predicted molar refractivity (Wildman–Crippen MR) is 103 cm³/mol. The molecular weight excluding hydrogens is 346 g/mol. The molecule has 2 heterocycles. The number of carbonyl (C=O) groups excluding carboxylic acids is 3. The summed E-state index contributed by atoms with van der Waals surface area (Å²) >= 11 is 0. The number of anilines is 1. The van der Waals surface area contributed by atoms with E-state index in [2.05, 4.69) is 10.6 Å². The number of hydrogen-bond donors (Lipinski definition) is 3. The van der Waals surface area contributed by atoms with Gasteiger partial charge in [-0.3, -0.25) is 14.5 Å². The van der Waals surface area contributed by atoms with Crippen molar-refractivity contribution in [2.45, 2.75) is 31.7 Å². The Hall–Kier alpha value is -2.61. The Morgan fingerprint density at radius 1 is 1.19 bits per heavy atom. The van der Waals surface area contributed by atoms with Gasteiger partial charge in [-0.2, -0.15) is 0 Å². The molecule has 0 radical (unpaired) electrons. The summed E-state index contributed by atoms with van der Waals surface area (Å²) in [6.45, 7) is 2.72. The average Bonchev–Trinajstić information content (AvgIpc) is 3.12. The molecule has 0 saturated carbocycles. The van der Waals surface area contributed by atoms with Crippen LogP contribution in [0.4, 0.5) is 10.5 Å². The third-order valence-corrected chi connectivity index (χ3v) is 5.08. The van der Waals surface area contributed by atoms with Gasteiger partial charge in [0, 0.05) is 56.4 Å². The number of likely N-dealkylation sites (tertiary alicyclic amines) is 1. The number of rotatable bonds is 6. The average molecular weight is 373 g/mol. The Bertz CT molecular complexity index is 691. The number of benzene rings is 1. The Balaban J connectivity index is 1.65. The van der Waals surface area contributed by atoms with E-state index in [1.54, 1.807) is 29.2 Å². The number of nitrogens with zero attached hydrogens (tertiary/aromatic N) is 2. The number of amides is 4. The summed E-state index contributed by atoms with van der Waals surface area (Å²) < 4.78 is 0. The summed E-state index contributed by atoms with van der Waals surface area (Å²) in [5, 5.41) is 5.64. The van der Waals surface area contributed by atoms with Crippen LogP contribution in [0.5, 0.6) is 0 Å². The van der Waals surface area contributed by atoms with Crippen molar-refractivity contribution in [1.82, 2.24) is 15.5 Å². The molecule has 8 heteroatoms. The number of hydrogen-bond acceptors (Lipinski definition) is 4. The highest BCUT2D eigenvalue weighted by Crippen LogP contribution is 2.22. The van der Waals surface area contributed by atoms with Gasteiger partial charge < -0.3 is 21.3 Å². The second kappa shape index (κ2) is 8.85. The van der Waals surface area contributed by atoms with Crippen molar-refractivity contribution >= 4 is 23.5 Å². The maximum absolute atomic E-state index is 13.0. The lowest BCUT2D eigenvalue weighted by atomic mass is 10.0. The molecule has 8 nitrogen and oxygen atoms in total. The van der Waals surface area contributed by atoms with Gasteiger partial charge in [0.15, 0.2) is 0 Å². The maximum Gasteiger partial charge on any atom is 0.321 e. The third-order valence-electron chi connectivity index (χ3n) is 5.08. The largest absolute Gasteiger partial charge is 0.354 e. The quantitative estimate of drug-likeness (QED) is 0.681. The normalized spacial score (nSPS) is 19.7. The van der Waals surface area contributed by atoms with E-state index < -0.39 is 0 Å². The van der Waals surface area contributed by atoms with Crippen LogP contribution in [-0.2, 0) is 4.79 Å². The number of carbonyl (C=O) groups is 3. The highest BCUT2D eigenvalue weighted by molar-refractivity contribution is 5.97. The van der Waals surface area contributed by atoms with E-state index in [1.165, 1.54) is 0 Å². The van der Waals surface area contributed by atoms with Gasteiger partial charge in [0.25, 0.3) is 5.91 Å². The first kappa shape index (κ1) is 19.2. The van der Waals surface area contributed by atoms with Crippen molar-refractivity contribution in [1.29, 1.82) is 0 Å². The lowest BCUT2D eigenvalue weighted by molar-refractivity contribution is -0.121. The number of nitrogens with two attached hydrogens (primary N) is 1. The van der Waals surface area contributed by atoms with E-state index in [1.807, 2.05) is 4.90 Å². The molecule has 0 aromatic heterocycles. The van der Waals surface area contributed by atoms with E-state index in [0.29, 0.717) is 44.7 Å². The molecule has 4 N–H and O–H groups in total. The second-order valence-electron chi connectivity index (χ2n) is 6.92. The van der Waals surface area contributed by atoms with Crippen LogP contribution in [-0.4, -0.2) is 61.5 Å². The smallest absolute Gasteiger partial charge is 0.321 e. The molecule has 0 bridgehead atoms. The second-order valence-corrected chi connectivity index (χ2v) is 6.92. The van der Waals surface area contributed by atoms with Crippen molar-refractivity contribution in [2.75, 3.05) is 37.6 Å². The minimum atomic E-state index is -0.113. The van der Waals surface area contributed by atoms with Gasteiger partial charge in [0.1, 0.15) is 0 Å². The van der Waals surface area contributed by atoms with Crippen LogP contribution in [0, 0.1) is 0 Å². The maximum atomic E-state index is 13.0. The molecule has 4 amide bonds. The van der Waals surface area contributed by atoms with Crippen molar-refractivity contribution in [3.8, 4) is 0 Å². The van der Waals surface area contributed by atoms with Crippen LogP contribution in [0.1, 0.15) is 36.0 Å². The first-order valence-corrected chi connectivity index (χ1v) is 9.53. The summed E-state index contributed by atoms with van der Waals surface area (Å²) in [6, 6.07) is 7.03. The molecule has 2 saturated heterocycles. The molecule has 2 aliphatic rings. The number of nitrogens with one attached hydrogen (secondary N) is 2. The van der Waals surface area contributed by atoms with Crippen molar-refractivity contribution in [3.05, 3.63) is 29.8 Å². The van der Waals surface area contributed by atoms with E-state index in [4.69, 9.17) is 5.73 Å². The lowest BCUT2D eigenvalue weighted by Gasteiger charge is -2.36. The van der Waals surface area contributed by atoms with E-state index >= 15 is 0 Å². The molecule has 2 fully saturated rings. The molecule has 1 aromatic carbocycles. The summed E-state index contributed by atoms with van der Waals surface area (Å²) in [5.41, 5.74) is 6.78. The van der Waals surface area contributed by atoms with Crippen LogP contribution in [0.3, 0.4) is 0 Å². The first-order valence-electron chi connectivity index (χ1n) is 9.53. The van der Waals surface area contributed by atoms with Gasteiger partial charge in [-0.15, -0.1) is 0 Å². The molecule has 1 atom stereocenters. The van der Waals surface area contributed by atoms with Gasteiger partial charge in [-0.05, 0) is 43.5 Å². The van der Waals surface area contributed by atoms with Gasteiger partial charge in [0.2, 0.25) is 5.91 Å². The van der Waals surface area contributed by atoms with Crippen molar-refractivity contribution in [2.24, 2.45) is 5.73 Å². The zero-order valence-corrected chi connectivity index (χ0v) is 15.4. The Morgan fingerprint density at radius 3 is 2.63 bits per heavy atom. The molecule has 2 aliphatic heterocycles. The topological polar surface area (TPSA) is 108 Å². The van der Waals surface area contributed by atoms with Gasteiger partial charge in [-0.25, -0.2) is 4.79 Å². The van der Waals surface area contributed by atoms with Gasteiger partial charge in [0.05, 0.1) is 0 Å². The monoisotopic (exact) mass is 373 g/mol. The fourth-order valence-electron chi connectivity index (χ4n) is 3.60. The first-order chi connectivity index (χ1) is 13.1. The van der Waals surface area contributed by atoms with E-state index in [-0.39, 0.29) is 23.9 Å². The highest BCUT2D eigenvalue weighted by Gasteiger charge is 2.28. The minimum absolute atomic E-state index is 0.00277. The van der Waals surface area contributed by atoms with E-state index in [9.17, 15) is 14.4 Å². The number of urea groups is 1. The lowest BCUT2D eigenvalue weighted by Crippen LogP contribution is -2.49. The predicted octanol–water partition coefficient (Wildman–Crippen LogP) is 0.676. The van der Waals surface area contributed by atoms with Crippen molar-refractivity contribution < 1.29 is 14.4 Å². The molecule has 0 spiro atoms. The van der Waals surface area contributed by atoms with Crippen LogP contribution in [0.25, 0.3) is 0 Å². The molecule has 0 aliphatic carbocycles. The fraction of sp³-hybridized carbons (Fsp3) is 0.526. The number of piperidine rings is 1. The summed E-state index contributed by atoms with van der Waals surface area (Å²) in [4.78, 5) is 39.9. The summed E-state index contributed by atoms with van der Waals surface area (Å²) in [7, 11) is 0. The summed E-state index contributed by atoms with van der Waals surface area (Å²) in [6.07, 6.45) is 3.18. The molecule has 1 unspecified atom stereocenters. The van der Waals surface area contributed by atoms with Crippen LogP contribution >= 0.6 is 0 Å². The Morgan fingerprint density at radius 2 is 1.96 bits per heavy atom. The molecule has 27 heavy (non-hydrogen) atoms. The van der Waals surface area contributed by atoms with E-state index in [0.717, 1.165) is 24.9 Å². The van der Waals surface area contributed by atoms with Gasteiger partial charge >= 0.3 is 6.03 Å². The van der Waals surface area contributed by atoms with Crippen LogP contribution in [0.15, 0.2) is 24.3 Å². The van der Waals surface area contributed by atoms with Crippen LogP contribution in [0.2, 0.25) is 0 Å². The Labute approximate surface area is 159 Å². The van der Waals surface area contributed by atoms with Crippen molar-refractivity contribution in [3.63, 3.8) is 0 Å². The SMILES string of the molecule is NCCC(=O)NCC1CCCCN1C(=O)c1ccc(N2CCNC2=O)cc1. The highest BCUT2D eigenvalue weighted by atomic mass is 16.2. The third kappa shape index (κ3) is 4.57. The fourth-order valence-corrected chi connectivity index (χ4v) is 3.60. The molecule has 1 aromatic rings.